The molecule has 0 radical (unpaired) electrons. The Morgan fingerprint density at radius 1 is 1.44 bits per heavy atom. The first-order valence-corrected chi connectivity index (χ1v) is 7.26. The third kappa shape index (κ3) is 5.06. The highest BCUT2D eigenvalue weighted by Gasteiger charge is 2.07. The Kier molecular flexibility index (Phi) is 6.75. The molecule has 0 aliphatic rings. The third-order valence-corrected chi connectivity index (χ3v) is 3.26. The first-order valence-electron chi connectivity index (χ1n) is 5.86. The zero-order valence-corrected chi connectivity index (χ0v) is 11.2. The van der Waals surface area contributed by atoms with E-state index in [-0.39, 0.29) is 11.4 Å². The molecule has 0 fully saturated rings. The molecule has 0 unspecified atom stereocenters. The molecular formula is C13H18FNO2S. The molecule has 1 aromatic rings. The zero-order valence-electron chi connectivity index (χ0n) is 10.4. The first kappa shape index (κ1) is 15.0. The normalized spacial score (nSPS) is 10.6. The van der Waals surface area contributed by atoms with Gasteiger partial charge < -0.3 is 10.4 Å². The molecule has 0 aliphatic carbocycles. The van der Waals surface area contributed by atoms with E-state index in [9.17, 15) is 9.18 Å². The molecule has 18 heavy (non-hydrogen) atoms. The van der Waals surface area contributed by atoms with Crippen LogP contribution >= 0.6 is 11.8 Å². The number of halogens is 1. The van der Waals surface area contributed by atoms with Gasteiger partial charge in [0.25, 0.3) is 0 Å². The highest BCUT2D eigenvalue weighted by Crippen LogP contribution is 2.10. The van der Waals surface area contributed by atoms with Gasteiger partial charge in [-0.2, -0.15) is 11.8 Å². The number of unbranched alkanes of at least 4 members (excludes halogenated alkanes) is 1. The summed E-state index contributed by atoms with van der Waals surface area (Å²) in [4.78, 5) is 10.8. The van der Waals surface area contributed by atoms with Crippen molar-refractivity contribution in [3.05, 3.63) is 35.1 Å². The maximum absolute atomic E-state index is 13.4. The second kappa shape index (κ2) is 8.11. The molecule has 1 aromatic carbocycles. The Labute approximate surface area is 111 Å². The van der Waals surface area contributed by atoms with Crippen molar-refractivity contribution < 1.29 is 14.3 Å². The van der Waals surface area contributed by atoms with Crippen LogP contribution in [-0.2, 0) is 6.54 Å². The van der Waals surface area contributed by atoms with Gasteiger partial charge in [0.15, 0.2) is 0 Å². The Bertz CT molecular complexity index is 399. The van der Waals surface area contributed by atoms with E-state index in [4.69, 9.17) is 5.11 Å². The van der Waals surface area contributed by atoms with Crippen molar-refractivity contribution in [2.75, 3.05) is 18.6 Å². The van der Waals surface area contributed by atoms with Crippen molar-refractivity contribution in [3.63, 3.8) is 0 Å². The molecule has 0 heterocycles. The van der Waals surface area contributed by atoms with E-state index in [0.29, 0.717) is 12.1 Å². The Balaban J connectivity index is 2.41. The van der Waals surface area contributed by atoms with Crippen LogP contribution in [-0.4, -0.2) is 29.6 Å². The quantitative estimate of drug-likeness (QED) is 0.714. The fraction of sp³-hybridized carbons (Fsp3) is 0.462. The van der Waals surface area contributed by atoms with Crippen LogP contribution in [0.1, 0.15) is 28.8 Å². The highest BCUT2D eigenvalue weighted by molar-refractivity contribution is 7.98. The predicted octanol–water partition coefficient (Wildman–Crippen LogP) is 2.76. The molecule has 1 rings (SSSR count). The van der Waals surface area contributed by atoms with Crippen LogP contribution in [0.15, 0.2) is 18.2 Å². The molecule has 0 atom stereocenters. The number of hydrogen-bond acceptors (Lipinski definition) is 3. The van der Waals surface area contributed by atoms with E-state index < -0.39 is 5.97 Å². The van der Waals surface area contributed by atoms with Crippen LogP contribution in [0, 0.1) is 5.82 Å². The minimum absolute atomic E-state index is 0.121. The van der Waals surface area contributed by atoms with Crippen molar-refractivity contribution in [1.29, 1.82) is 0 Å². The van der Waals surface area contributed by atoms with Crippen LogP contribution in [0.5, 0.6) is 0 Å². The SMILES string of the molecule is CSCCCCNCc1cc(C(=O)O)ccc1F. The number of nitrogens with one attached hydrogen (secondary N) is 1. The van der Waals surface area contributed by atoms with Gasteiger partial charge in [-0.25, -0.2) is 9.18 Å². The molecule has 3 nitrogen and oxygen atoms in total. The molecule has 0 bridgehead atoms. The van der Waals surface area contributed by atoms with E-state index >= 15 is 0 Å². The summed E-state index contributed by atoms with van der Waals surface area (Å²) in [6.45, 7) is 1.18. The fourth-order valence-corrected chi connectivity index (χ4v) is 2.06. The second-order valence-corrected chi connectivity index (χ2v) is 4.97. The van der Waals surface area contributed by atoms with Gasteiger partial charge >= 0.3 is 5.97 Å². The highest BCUT2D eigenvalue weighted by atomic mass is 32.2. The van der Waals surface area contributed by atoms with Crippen molar-refractivity contribution in [2.24, 2.45) is 0 Å². The molecule has 0 aromatic heterocycles. The minimum atomic E-state index is -1.03. The van der Waals surface area contributed by atoms with Crippen LogP contribution in [0.4, 0.5) is 4.39 Å². The standard InChI is InChI=1S/C13H18FNO2S/c1-18-7-3-2-6-15-9-11-8-10(13(16)17)4-5-12(11)14/h4-5,8,15H,2-3,6-7,9H2,1H3,(H,16,17). The maximum atomic E-state index is 13.4. The van der Waals surface area contributed by atoms with Gasteiger partial charge in [-0.05, 0) is 49.6 Å². The lowest BCUT2D eigenvalue weighted by molar-refractivity contribution is 0.0696. The Hall–Kier alpha value is -1.07. The molecule has 0 amide bonds. The molecular weight excluding hydrogens is 253 g/mol. The number of carboxylic acids is 1. The molecule has 0 aliphatic heterocycles. The number of thioether (sulfide) groups is 1. The van der Waals surface area contributed by atoms with E-state index in [1.165, 1.54) is 18.2 Å². The van der Waals surface area contributed by atoms with Crippen LogP contribution in [0.3, 0.4) is 0 Å². The van der Waals surface area contributed by atoms with E-state index in [1.54, 1.807) is 0 Å². The van der Waals surface area contributed by atoms with E-state index in [0.717, 1.165) is 25.1 Å². The summed E-state index contributed by atoms with van der Waals surface area (Å²) in [6, 6.07) is 3.86. The van der Waals surface area contributed by atoms with Gasteiger partial charge in [0.1, 0.15) is 5.82 Å². The molecule has 0 spiro atoms. The molecule has 0 saturated carbocycles. The summed E-state index contributed by atoms with van der Waals surface area (Å²) in [6.07, 6.45) is 4.24. The van der Waals surface area contributed by atoms with E-state index in [2.05, 4.69) is 11.6 Å². The fourth-order valence-electron chi connectivity index (χ4n) is 1.56. The van der Waals surface area contributed by atoms with Gasteiger partial charge in [-0.3, -0.25) is 0 Å². The van der Waals surface area contributed by atoms with Crippen molar-refractivity contribution in [3.8, 4) is 0 Å². The average molecular weight is 271 g/mol. The lowest BCUT2D eigenvalue weighted by atomic mass is 10.1. The molecule has 100 valence electrons. The summed E-state index contributed by atoms with van der Waals surface area (Å²) in [5, 5.41) is 11.9. The molecule has 0 saturated heterocycles. The Morgan fingerprint density at radius 3 is 2.89 bits per heavy atom. The second-order valence-electron chi connectivity index (χ2n) is 3.99. The number of carbonyl (C=O) groups is 1. The number of hydrogen-bond donors (Lipinski definition) is 2. The number of benzene rings is 1. The smallest absolute Gasteiger partial charge is 0.335 e. The predicted molar refractivity (Wildman–Crippen MR) is 72.7 cm³/mol. The summed E-state index contributed by atoms with van der Waals surface area (Å²) in [5.74, 6) is -0.266. The van der Waals surface area contributed by atoms with Crippen molar-refractivity contribution in [1.82, 2.24) is 5.32 Å². The van der Waals surface area contributed by atoms with Gasteiger partial charge in [-0.15, -0.1) is 0 Å². The largest absolute Gasteiger partial charge is 0.478 e. The van der Waals surface area contributed by atoms with Gasteiger partial charge in [-0.1, -0.05) is 0 Å². The minimum Gasteiger partial charge on any atom is -0.478 e. The Morgan fingerprint density at radius 2 is 2.22 bits per heavy atom. The van der Waals surface area contributed by atoms with Crippen LogP contribution in [0.25, 0.3) is 0 Å². The topological polar surface area (TPSA) is 49.3 Å². The number of aromatic carboxylic acids is 1. The molecule has 5 heteroatoms. The lowest BCUT2D eigenvalue weighted by Gasteiger charge is -2.07. The average Bonchev–Trinajstić information content (AvgIpc) is 2.35. The van der Waals surface area contributed by atoms with Crippen LogP contribution < -0.4 is 5.32 Å². The van der Waals surface area contributed by atoms with E-state index in [1.807, 2.05) is 11.8 Å². The van der Waals surface area contributed by atoms with Gasteiger partial charge in [0.05, 0.1) is 5.56 Å². The monoisotopic (exact) mass is 271 g/mol. The third-order valence-electron chi connectivity index (χ3n) is 2.56. The number of rotatable bonds is 8. The zero-order chi connectivity index (χ0) is 13.4. The van der Waals surface area contributed by atoms with Crippen molar-refractivity contribution in [2.45, 2.75) is 19.4 Å². The summed E-state index contributed by atoms with van der Waals surface area (Å²) in [5.41, 5.74) is 0.523. The van der Waals surface area contributed by atoms with Gasteiger partial charge in [0, 0.05) is 12.1 Å². The van der Waals surface area contributed by atoms with Crippen molar-refractivity contribution >= 4 is 17.7 Å². The summed E-state index contributed by atoms with van der Waals surface area (Å²) in [7, 11) is 0. The lowest BCUT2D eigenvalue weighted by Crippen LogP contribution is -2.16. The van der Waals surface area contributed by atoms with Crippen LogP contribution in [0.2, 0.25) is 0 Å². The summed E-state index contributed by atoms with van der Waals surface area (Å²) < 4.78 is 13.4. The van der Waals surface area contributed by atoms with Gasteiger partial charge in [0.2, 0.25) is 0 Å². The maximum Gasteiger partial charge on any atom is 0.335 e. The first-order chi connectivity index (χ1) is 8.65. The molecule has 2 N–H and O–H groups in total. The number of carboxylic acid groups (broad SMARTS) is 1. The summed E-state index contributed by atoms with van der Waals surface area (Å²) >= 11 is 1.81.